The second kappa shape index (κ2) is 3.38. The van der Waals surface area contributed by atoms with Crippen molar-refractivity contribution >= 4 is 32.4 Å². The van der Waals surface area contributed by atoms with Crippen molar-refractivity contribution in [3.8, 4) is 0 Å². The van der Waals surface area contributed by atoms with E-state index in [4.69, 9.17) is 5.73 Å². The van der Waals surface area contributed by atoms with Crippen molar-refractivity contribution in [2.45, 2.75) is 18.9 Å². The third-order valence-corrected chi connectivity index (χ3v) is 2.43. The summed E-state index contributed by atoms with van der Waals surface area (Å²) >= 11 is 1.67. The molecule has 0 aromatic rings. The molecule has 0 aliphatic carbocycles. The van der Waals surface area contributed by atoms with E-state index >= 15 is 0 Å². The first-order chi connectivity index (χ1) is 5.13. The Morgan fingerprint density at radius 2 is 2.18 bits per heavy atom. The van der Waals surface area contributed by atoms with Crippen molar-refractivity contribution in [1.82, 2.24) is 4.90 Å². The van der Waals surface area contributed by atoms with Gasteiger partial charge < -0.3 is 10.6 Å². The number of primary amides is 1. The van der Waals surface area contributed by atoms with Gasteiger partial charge in [0.25, 0.3) is 3.91 Å². The summed E-state index contributed by atoms with van der Waals surface area (Å²) in [6.07, 6.45) is 1.59. The first-order valence-corrected chi connectivity index (χ1v) is 4.46. The normalized spacial score (nSPS) is 23.7. The Morgan fingerprint density at radius 1 is 1.55 bits per heavy atom. The fourth-order valence-corrected chi connectivity index (χ4v) is 1.85. The Hall–Kier alpha value is -0.330. The van der Waals surface area contributed by atoms with Crippen LogP contribution in [-0.4, -0.2) is 27.3 Å². The van der Waals surface area contributed by atoms with Crippen molar-refractivity contribution in [3.05, 3.63) is 0 Å². The molecular weight excluding hydrogens is 259 g/mol. The molecule has 1 saturated heterocycles. The van der Waals surface area contributed by atoms with Gasteiger partial charge in [-0.3, -0.25) is 9.59 Å². The van der Waals surface area contributed by atoms with E-state index in [1.807, 2.05) is 0 Å². The SMILES string of the molecule is NC(=O)C1CCCN1C(=O)I. The minimum Gasteiger partial charge on any atom is -0.368 e. The second-order valence-electron chi connectivity index (χ2n) is 2.51. The Morgan fingerprint density at radius 3 is 2.55 bits per heavy atom. The monoisotopic (exact) mass is 268 g/mol. The van der Waals surface area contributed by atoms with Crippen LogP contribution < -0.4 is 5.73 Å². The Bertz CT molecular complexity index is 175. The molecule has 2 amide bonds. The van der Waals surface area contributed by atoms with Gasteiger partial charge in [-0.2, -0.15) is 0 Å². The number of rotatable bonds is 1. The van der Waals surface area contributed by atoms with Crippen molar-refractivity contribution in [3.63, 3.8) is 0 Å². The number of likely N-dealkylation sites (tertiary alicyclic amines) is 1. The number of nitrogens with two attached hydrogens (primary N) is 1. The van der Waals surface area contributed by atoms with E-state index in [0.717, 1.165) is 6.42 Å². The van der Waals surface area contributed by atoms with E-state index in [1.165, 1.54) is 4.90 Å². The third-order valence-electron chi connectivity index (χ3n) is 1.81. The van der Waals surface area contributed by atoms with Gasteiger partial charge in [0.15, 0.2) is 0 Å². The van der Waals surface area contributed by atoms with Gasteiger partial charge in [0.1, 0.15) is 6.04 Å². The second-order valence-corrected chi connectivity index (χ2v) is 3.43. The molecule has 1 heterocycles. The molecule has 1 aliphatic rings. The molecule has 1 fully saturated rings. The fourth-order valence-electron chi connectivity index (χ4n) is 1.27. The summed E-state index contributed by atoms with van der Waals surface area (Å²) in [5.74, 6) is -0.396. The summed E-state index contributed by atoms with van der Waals surface area (Å²) in [7, 11) is 0. The van der Waals surface area contributed by atoms with Crippen molar-refractivity contribution in [2.75, 3.05) is 6.54 Å². The minimum absolute atomic E-state index is 0.0936. The molecule has 2 N–H and O–H groups in total. The smallest absolute Gasteiger partial charge is 0.283 e. The van der Waals surface area contributed by atoms with Gasteiger partial charge in [-0.05, 0) is 12.8 Å². The van der Waals surface area contributed by atoms with E-state index < -0.39 is 5.91 Å². The maximum Gasteiger partial charge on any atom is 0.283 e. The lowest BCUT2D eigenvalue weighted by molar-refractivity contribution is -0.121. The lowest BCUT2D eigenvalue weighted by Gasteiger charge is -2.18. The number of nitrogens with zero attached hydrogens (tertiary/aromatic N) is 1. The molecule has 0 spiro atoms. The van der Waals surface area contributed by atoms with Crippen molar-refractivity contribution in [2.24, 2.45) is 5.73 Å². The molecular formula is C6H9IN2O2. The number of carbonyl (C=O) groups is 2. The molecule has 0 bridgehead atoms. The summed E-state index contributed by atoms with van der Waals surface area (Å²) in [6.45, 7) is 0.662. The van der Waals surface area contributed by atoms with Crippen LogP contribution in [0.15, 0.2) is 0 Å². The molecule has 0 aromatic carbocycles. The van der Waals surface area contributed by atoms with Gasteiger partial charge in [-0.25, -0.2) is 0 Å². The number of carbonyl (C=O) groups excluding carboxylic acids is 2. The van der Waals surface area contributed by atoms with Crippen molar-refractivity contribution < 1.29 is 9.59 Å². The molecule has 5 heteroatoms. The highest BCUT2D eigenvalue weighted by Gasteiger charge is 2.31. The van der Waals surface area contributed by atoms with Gasteiger partial charge in [0.2, 0.25) is 5.91 Å². The van der Waals surface area contributed by atoms with Crippen LogP contribution in [0.25, 0.3) is 0 Å². The topological polar surface area (TPSA) is 63.4 Å². The maximum atomic E-state index is 10.9. The van der Waals surface area contributed by atoms with Crippen LogP contribution >= 0.6 is 22.6 Å². The Labute approximate surface area is 78.2 Å². The van der Waals surface area contributed by atoms with E-state index in [9.17, 15) is 9.59 Å². The van der Waals surface area contributed by atoms with Crippen LogP contribution in [0.1, 0.15) is 12.8 Å². The molecule has 62 valence electrons. The molecule has 1 unspecified atom stereocenters. The molecule has 0 aromatic heterocycles. The van der Waals surface area contributed by atoms with E-state index in [0.29, 0.717) is 13.0 Å². The maximum absolute atomic E-state index is 10.9. The third kappa shape index (κ3) is 1.82. The van der Waals surface area contributed by atoms with E-state index in [1.54, 1.807) is 22.6 Å². The van der Waals surface area contributed by atoms with Crippen molar-refractivity contribution in [1.29, 1.82) is 0 Å². The number of hydrogen-bond acceptors (Lipinski definition) is 2. The summed E-state index contributed by atoms with van der Waals surface area (Å²) in [5, 5.41) is 0. The zero-order chi connectivity index (χ0) is 8.43. The van der Waals surface area contributed by atoms with Crippen LogP contribution in [0, 0.1) is 0 Å². The molecule has 1 atom stereocenters. The highest BCUT2D eigenvalue weighted by Crippen LogP contribution is 2.19. The predicted molar refractivity (Wildman–Crippen MR) is 48.3 cm³/mol. The van der Waals surface area contributed by atoms with E-state index in [-0.39, 0.29) is 9.96 Å². The highest BCUT2D eigenvalue weighted by molar-refractivity contribution is 14.1. The fraction of sp³-hybridized carbons (Fsp3) is 0.667. The summed E-state index contributed by atoms with van der Waals surface area (Å²) in [5.41, 5.74) is 5.09. The molecule has 4 nitrogen and oxygen atoms in total. The first-order valence-electron chi connectivity index (χ1n) is 3.38. The highest BCUT2D eigenvalue weighted by atomic mass is 127. The number of halogens is 1. The van der Waals surface area contributed by atoms with Gasteiger partial charge in [0.05, 0.1) is 0 Å². The average molecular weight is 268 g/mol. The average Bonchev–Trinajstić information content (AvgIpc) is 2.32. The van der Waals surface area contributed by atoms with Gasteiger partial charge >= 0.3 is 0 Å². The van der Waals surface area contributed by atoms with E-state index in [2.05, 4.69) is 0 Å². The Kier molecular flexibility index (Phi) is 2.69. The molecule has 0 saturated carbocycles. The zero-order valence-corrected chi connectivity index (χ0v) is 8.08. The van der Waals surface area contributed by atoms with Gasteiger partial charge in [0, 0.05) is 29.1 Å². The lowest BCUT2D eigenvalue weighted by atomic mass is 10.2. The largest absolute Gasteiger partial charge is 0.368 e. The molecule has 1 aliphatic heterocycles. The van der Waals surface area contributed by atoms with Gasteiger partial charge in [-0.15, -0.1) is 0 Å². The Balaban J connectivity index is 2.65. The summed E-state index contributed by atoms with van der Waals surface area (Å²) in [6, 6.07) is -0.362. The molecule has 1 rings (SSSR count). The van der Waals surface area contributed by atoms with Crippen LogP contribution in [0.3, 0.4) is 0 Å². The van der Waals surface area contributed by atoms with Crippen LogP contribution in [0.5, 0.6) is 0 Å². The predicted octanol–water partition coefficient (Wildman–Crippen LogP) is 0.491. The van der Waals surface area contributed by atoms with Crippen LogP contribution in [-0.2, 0) is 4.79 Å². The number of amides is 2. The minimum atomic E-state index is -0.396. The molecule has 11 heavy (non-hydrogen) atoms. The standard InChI is InChI=1S/C6H9IN2O2/c7-6(11)9-3-1-2-4(9)5(8)10/h4H,1-3H2,(H2,8,10). The summed E-state index contributed by atoms with van der Waals surface area (Å²) < 4.78 is -0.0936. The zero-order valence-electron chi connectivity index (χ0n) is 5.92. The quantitative estimate of drug-likeness (QED) is 0.427. The number of hydrogen-bond donors (Lipinski definition) is 1. The van der Waals surface area contributed by atoms with Crippen LogP contribution in [0.4, 0.5) is 4.79 Å². The van der Waals surface area contributed by atoms with Crippen LogP contribution in [0.2, 0.25) is 0 Å². The lowest BCUT2D eigenvalue weighted by Crippen LogP contribution is -2.41. The summed E-state index contributed by atoms with van der Waals surface area (Å²) in [4.78, 5) is 23.1. The first kappa shape index (κ1) is 8.76. The van der Waals surface area contributed by atoms with Gasteiger partial charge in [-0.1, -0.05) is 0 Å². The molecule has 0 radical (unpaired) electrons.